The molecule has 7 heteroatoms. The normalized spacial score (nSPS) is 14.7. The maximum atomic E-state index is 13.1. The molecule has 1 unspecified atom stereocenters. The molecule has 0 radical (unpaired) electrons. The van der Waals surface area contributed by atoms with E-state index in [1.807, 2.05) is 42.5 Å². The lowest BCUT2D eigenvalue weighted by Gasteiger charge is -2.37. The minimum atomic E-state index is -0.656. The van der Waals surface area contributed by atoms with Gasteiger partial charge in [0, 0.05) is 12.0 Å². The molecular weight excluding hydrogens is 425 g/mol. The van der Waals surface area contributed by atoms with E-state index in [-0.39, 0.29) is 31.3 Å². The third kappa shape index (κ3) is 5.26. The van der Waals surface area contributed by atoms with Gasteiger partial charge in [-0.15, -0.1) is 0 Å². The average molecular weight is 447 g/mol. The minimum Gasteiger partial charge on any atom is -0.489 e. The number of benzene rings is 3. The number of halogens is 1. The Hall–Kier alpha value is -4.00. The first-order valence-electron chi connectivity index (χ1n) is 10.6. The third-order valence-electron chi connectivity index (χ3n) is 5.37. The number of amides is 1. The third-order valence-corrected chi connectivity index (χ3v) is 5.37. The highest BCUT2D eigenvalue weighted by molar-refractivity contribution is 5.99. The van der Waals surface area contributed by atoms with E-state index in [1.54, 1.807) is 17.0 Å². The second-order valence-electron chi connectivity index (χ2n) is 7.56. The molecule has 0 aliphatic carbocycles. The standard InChI is InChI=1S/C26H22FNO5/c27-20-12-10-19(11-13-20)23(29)14-15-26(31)33-17-25(30)28-21-8-4-5-9-24(21)32-16-22(28)18-6-2-1-3-7-18/h1-13,22H,14-17H2. The predicted molar refractivity (Wildman–Crippen MR) is 120 cm³/mol. The molecule has 33 heavy (non-hydrogen) atoms. The van der Waals surface area contributed by atoms with Gasteiger partial charge in [0.25, 0.3) is 5.91 Å². The Morgan fingerprint density at radius 1 is 0.909 bits per heavy atom. The fraction of sp³-hybridized carbons (Fsp3) is 0.192. The number of carbonyl (C=O) groups is 3. The Balaban J connectivity index is 1.40. The summed E-state index contributed by atoms with van der Waals surface area (Å²) in [7, 11) is 0. The van der Waals surface area contributed by atoms with Crippen LogP contribution in [-0.4, -0.2) is 30.9 Å². The molecule has 6 nitrogen and oxygen atoms in total. The van der Waals surface area contributed by atoms with E-state index in [0.717, 1.165) is 5.56 Å². The van der Waals surface area contributed by atoms with Crippen LogP contribution in [0.15, 0.2) is 78.9 Å². The van der Waals surface area contributed by atoms with Crippen molar-refractivity contribution in [2.45, 2.75) is 18.9 Å². The number of anilines is 1. The molecule has 1 heterocycles. The zero-order valence-electron chi connectivity index (χ0n) is 17.8. The van der Waals surface area contributed by atoms with Gasteiger partial charge in [-0.25, -0.2) is 4.39 Å². The molecular formula is C26H22FNO5. The molecule has 1 amide bonds. The lowest BCUT2D eigenvalue weighted by molar-refractivity contribution is -0.148. The summed E-state index contributed by atoms with van der Waals surface area (Å²) in [4.78, 5) is 39.1. The smallest absolute Gasteiger partial charge is 0.306 e. The highest BCUT2D eigenvalue weighted by Gasteiger charge is 2.33. The first-order valence-corrected chi connectivity index (χ1v) is 10.6. The highest BCUT2D eigenvalue weighted by Crippen LogP contribution is 2.39. The van der Waals surface area contributed by atoms with Crippen LogP contribution < -0.4 is 9.64 Å². The van der Waals surface area contributed by atoms with E-state index in [1.165, 1.54) is 24.3 Å². The highest BCUT2D eigenvalue weighted by atomic mass is 19.1. The molecule has 0 fully saturated rings. The van der Waals surface area contributed by atoms with E-state index in [4.69, 9.17) is 9.47 Å². The van der Waals surface area contributed by atoms with Gasteiger partial charge < -0.3 is 9.47 Å². The molecule has 3 aromatic rings. The summed E-state index contributed by atoms with van der Waals surface area (Å²) in [6.07, 6.45) is -0.267. The van der Waals surface area contributed by atoms with Crippen LogP contribution in [0.3, 0.4) is 0 Å². The van der Waals surface area contributed by atoms with Crippen molar-refractivity contribution >= 4 is 23.3 Å². The van der Waals surface area contributed by atoms with E-state index < -0.39 is 24.3 Å². The Bertz CT molecular complexity index is 1150. The number of nitrogens with zero attached hydrogens (tertiary/aromatic N) is 1. The number of ether oxygens (including phenoxy) is 2. The van der Waals surface area contributed by atoms with Gasteiger partial charge in [-0.2, -0.15) is 0 Å². The molecule has 3 aromatic carbocycles. The van der Waals surface area contributed by atoms with Crippen molar-refractivity contribution in [2.24, 2.45) is 0 Å². The minimum absolute atomic E-state index is 0.0916. The van der Waals surface area contributed by atoms with Crippen molar-refractivity contribution in [1.29, 1.82) is 0 Å². The number of rotatable bonds is 7. The molecule has 0 saturated carbocycles. The number of ketones is 1. The number of esters is 1. The van der Waals surface area contributed by atoms with Gasteiger partial charge in [-0.3, -0.25) is 19.3 Å². The van der Waals surface area contributed by atoms with Crippen LogP contribution >= 0.6 is 0 Å². The SMILES string of the molecule is O=C(CCC(=O)c1ccc(F)cc1)OCC(=O)N1c2ccccc2OCC1c1ccccc1. The first kappa shape index (κ1) is 22.2. The lowest BCUT2D eigenvalue weighted by Crippen LogP contribution is -2.43. The van der Waals surface area contributed by atoms with Crippen molar-refractivity contribution in [1.82, 2.24) is 0 Å². The lowest BCUT2D eigenvalue weighted by atomic mass is 10.0. The predicted octanol–water partition coefficient (Wildman–Crippen LogP) is 4.50. The summed E-state index contributed by atoms with van der Waals surface area (Å²) in [5.41, 5.74) is 1.82. The molecule has 0 bridgehead atoms. The van der Waals surface area contributed by atoms with Gasteiger partial charge in [0.15, 0.2) is 12.4 Å². The van der Waals surface area contributed by atoms with E-state index in [0.29, 0.717) is 17.0 Å². The number of Topliss-reactive ketones (excluding diaryl/α,β-unsaturated/α-hetero) is 1. The number of para-hydroxylation sites is 2. The van der Waals surface area contributed by atoms with Gasteiger partial charge in [-0.05, 0) is 42.0 Å². The number of hydrogen-bond donors (Lipinski definition) is 0. The van der Waals surface area contributed by atoms with Gasteiger partial charge in [0.2, 0.25) is 0 Å². The molecule has 0 N–H and O–H groups in total. The monoisotopic (exact) mass is 447 g/mol. The van der Waals surface area contributed by atoms with Gasteiger partial charge in [0.05, 0.1) is 18.2 Å². The fourth-order valence-electron chi connectivity index (χ4n) is 3.70. The maximum Gasteiger partial charge on any atom is 0.306 e. The Labute approximate surface area is 190 Å². The van der Waals surface area contributed by atoms with Crippen LogP contribution in [0.5, 0.6) is 5.75 Å². The first-order chi connectivity index (χ1) is 16.0. The Morgan fingerprint density at radius 3 is 2.36 bits per heavy atom. The largest absolute Gasteiger partial charge is 0.489 e. The molecule has 4 rings (SSSR count). The summed E-state index contributed by atoms with van der Waals surface area (Å²) in [6.45, 7) is -0.186. The maximum absolute atomic E-state index is 13.1. The van der Waals surface area contributed by atoms with Crippen molar-refractivity contribution in [2.75, 3.05) is 18.1 Å². The van der Waals surface area contributed by atoms with Gasteiger partial charge in [0.1, 0.15) is 18.2 Å². The summed E-state index contributed by atoms with van der Waals surface area (Å²) >= 11 is 0. The molecule has 1 atom stereocenters. The summed E-state index contributed by atoms with van der Waals surface area (Å²) in [5.74, 6) is -1.21. The van der Waals surface area contributed by atoms with E-state index in [2.05, 4.69) is 0 Å². The zero-order chi connectivity index (χ0) is 23.2. The van der Waals surface area contributed by atoms with Crippen molar-refractivity contribution in [3.8, 4) is 5.75 Å². The average Bonchev–Trinajstić information content (AvgIpc) is 2.86. The summed E-state index contributed by atoms with van der Waals surface area (Å²) in [6, 6.07) is 21.4. The van der Waals surface area contributed by atoms with Crippen LogP contribution in [0.1, 0.15) is 34.8 Å². The molecule has 1 aliphatic heterocycles. The topological polar surface area (TPSA) is 72.9 Å². The van der Waals surface area contributed by atoms with Gasteiger partial charge >= 0.3 is 5.97 Å². The molecule has 0 saturated heterocycles. The van der Waals surface area contributed by atoms with Gasteiger partial charge in [-0.1, -0.05) is 42.5 Å². The summed E-state index contributed by atoms with van der Waals surface area (Å²) < 4.78 is 24.0. The quantitative estimate of drug-likeness (QED) is 0.394. The number of fused-ring (bicyclic) bond motifs is 1. The fourth-order valence-corrected chi connectivity index (χ4v) is 3.70. The molecule has 0 aromatic heterocycles. The Morgan fingerprint density at radius 2 is 1.61 bits per heavy atom. The van der Waals surface area contributed by atoms with Crippen molar-refractivity contribution < 1.29 is 28.2 Å². The second-order valence-corrected chi connectivity index (χ2v) is 7.56. The molecule has 168 valence electrons. The van der Waals surface area contributed by atoms with Crippen LogP contribution in [-0.2, 0) is 14.3 Å². The molecule has 1 aliphatic rings. The second kappa shape index (κ2) is 10.1. The number of carbonyl (C=O) groups excluding carboxylic acids is 3. The van der Waals surface area contributed by atoms with Crippen LogP contribution in [0, 0.1) is 5.82 Å². The zero-order valence-corrected chi connectivity index (χ0v) is 17.8. The van der Waals surface area contributed by atoms with E-state index >= 15 is 0 Å². The Kier molecular flexibility index (Phi) is 6.78. The van der Waals surface area contributed by atoms with Crippen LogP contribution in [0.2, 0.25) is 0 Å². The number of hydrogen-bond acceptors (Lipinski definition) is 5. The summed E-state index contributed by atoms with van der Waals surface area (Å²) in [5, 5.41) is 0. The van der Waals surface area contributed by atoms with Crippen molar-refractivity contribution in [3.05, 3.63) is 95.8 Å². The van der Waals surface area contributed by atoms with Crippen LogP contribution in [0.25, 0.3) is 0 Å². The van der Waals surface area contributed by atoms with Crippen molar-refractivity contribution in [3.63, 3.8) is 0 Å². The van der Waals surface area contributed by atoms with E-state index in [9.17, 15) is 18.8 Å². The molecule has 0 spiro atoms. The van der Waals surface area contributed by atoms with Crippen LogP contribution in [0.4, 0.5) is 10.1 Å².